The van der Waals surface area contributed by atoms with E-state index < -0.39 is 0 Å². The van der Waals surface area contributed by atoms with E-state index in [1.165, 1.54) is 0 Å². The van der Waals surface area contributed by atoms with E-state index in [0.717, 1.165) is 23.3 Å². The summed E-state index contributed by atoms with van der Waals surface area (Å²) in [4.78, 5) is 10.5. The number of methoxy groups -OCH3 is 2. The third kappa shape index (κ3) is 2.84. The van der Waals surface area contributed by atoms with Crippen molar-refractivity contribution < 1.29 is 14.3 Å². The molecule has 0 fully saturated rings. The Morgan fingerprint density at radius 3 is 2.53 bits per heavy atom. The number of hydrogen-bond acceptors (Lipinski definition) is 3. The molecule has 15 heavy (non-hydrogen) atoms. The number of carbonyl (C=O) groups excluding carboxylic acids is 1. The maximum Gasteiger partial charge on any atom is 0.145 e. The molecular formula is C12H14O3. The van der Waals surface area contributed by atoms with Crippen molar-refractivity contribution in [3.63, 3.8) is 0 Å². The minimum atomic E-state index is 0.640. The largest absolute Gasteiger partial charge is 0.497 e. The van der Waals surface area contributed by atoms with Gasteiger partial charge in [-0.3, -0.25) is 4.79 Å². The lowest BCUT2D eigenvalue weighted by molar-refractivity contribution is -0.104. The van der Waals surface area contributed by atoms with Crippen LogP contribution in [0.25, 0.3) is 6.08 Å². The van der Waals surface area contributed by atoms with E-state index in [9.17, 15) is 4.79 Å². The van der Waals surface area contributed by atoms with Crippen LogP contribution < -0.4 is 9.47 Å². The molecule has 0 aliphatic carbocycles. The van der Waals surface area contributed by atoms with Crippen LogP contribution in [0.5, 0.6) is 11.5 Å². The molecule has 0 aliphatic heterocycles. The number of hydrogen-bond donors (Lipinski definition) is 0. The van der Waals surface area contributed by atoms with Crippen LogP contribution >= 0.6 is 0 Å². The van der Waals surface area contributed by atoms with Crippen LogP contribution in [0.2, 0.25) is 0 Å². The lowest BCUT2D eigenvalue weighted by atomic mass is 10.1. The first-order valence-electron chi connectivity index (χ1n) is 4.56. The molecule has 0 radical (unpaired) electrons. The van der Waals surface area contributed by atoms with Crippen LogP contribution in [0.1, 0.15) is 12.5 Å². The smallest absolute Gasteiger partial charge is 0.145 e. The summed E-state index contributed by atoms with van der Waals surface area (Å²) in [5.74, 6) is 1.46. The topological polar surface area (TPSA) is 35.5 Å². The second kappa shape index (κ2) is 5.20. The molecule has 0 saturated heterocycles. The van der Waals surface area contributed by atoms with Gasteiger partial charge in [0.2, 0.25) is 0 Å². The van der Waals surface area contributed by atoms with Crippen molar-refractivity contribution in [2.45, 2.75) is 6.92 Å². The molecule has 0 atom stereocenters. The molecule has 0 spiro atoms. The molecule has 0 saturated carbocycles. The van der Waals surface area contributed by atoms with Crippen molar-refractivity contribution in [1.82, 2.24) is 0 Å². The van der Waals surface area contributed by atoms with Crippen LogP contribution in [0.3, 0.4) is 0 Å². The van der Waals surface area contributed by atoms with Crippen LogP contribution in [0.15, 0.2) is 23.8 Å². The van der Waals surface area contributed by atoms with Gasteiger partial charge in [0, 0.05) is 5.56 Å². The number of benzene rings is 1. The SMILES string of the molecule is COc1ccc(OC)c(/C=C(\C)C=O)c1. The van der Waals surface area contributed by atoms with Crippen molar-refractivity contribution >= 4 is 12.4 Å². The van der Waals surface area contributed by atoms with Crippen molar-refractivity contribution in [1.29, 1.82) is 0 Å². The highest BCUT2D eigenvalue weighted by Gasteiger charge is 2.02. The minimum absolute atomic E-state index is 0.640. The summed E-state index contributed by atoms with van der Waals surface area (Å²) in [6.07, 6.45) is 2.56. The number of rotatable bonds is 4. The van der Waals surface area contributed by atoms with Crippen LogP contribution in [0, 0.1) is 0 Å². The van der Waals surface area contributed by atoms with Gasteiger partial charge in [-0.2, -0.15) is 0 Å². The lowest BCUT2D eigenvalue weighted by Gasteiger charge is -2.07. The van der Waals surface area contributed by atoms with Crippen molar-refractivity contribution in [2.75, 3.05) is 14.2 Å². The fourth-order valence-electron chi connectivity index (χ4n) is 1.23. The van der Waals surface area contributed by atoms with E-state index in [0.29, 0.717) is 5.57 Å². The monoisotopic (exact) mass is 206 g/mol. The molecule has 3 nitrogen and oxygen atoms in total. The van der Waals surface area contributed by atoms with E-state index in [4.69, 9.17) is 9.47 Å². The Bertz CT molecular complexity index is 380. The van der Waals surface area contributed by atoms with E-state index in [1.54, 1.807) is 27.2 Å². The normalized spacial score (nSPS) is 11.0. The van der Waals surface area contributed by atoms with Gasteiger partial charge in [-0.15, -0.1) is 0 Å². The second-order valence-electron chi connectivity index (χ2n) is 3.11. The highest BCUT2D eigenvalue weighted by Crippen LogP contribution is 2.25. The fourth-order valence-corrected chi connectivity index (χ4v) is 1.23. The molecule has 1 aromatic carbocycles. The molecule has 3 heteroatoms. The van der Waals surface area contributed by atoms with E-state index in [2.05, 4.69) is 0 Å². The molecule has 0 amide bonds. The molecule has 80 valence electrons. The van der Waals surface area contributed by atoms with Gasteiger partial charge in [0.25, 0.3) is 0 Å². The molecule has 0 aromatic heterocycles. The first-order chi connectivity index (χ1) is 7.21. The zero-order valence-corrected chi connectivity index (χ0v) is 9.11. The molecule has 0 unspecified atom stereocenters. The Hall–Kier alpha value is -1.77. The first kappa shape index (κ1) is 11.3. The fraction of sp³-hybridized carbons (Fsp3) is 0.250. The summed E-state index contributed by atoms with van der Waals surface area (Å²) in [7, 11) is 3.19. The zero-order chi connectivity index (χ0) is 11.3. The molecule has 1 aromatic rings. The van der Waals surface area contributed by atoms with E-state index >= 15 is 0 Å². The number of carbonyl (C=O) groups is 1. The minimum Gasteiger partial charge on any atom is -0.497 e. The van der Waals surface area contributed by atoms with Gasteiger partial charge in [-0.1, -0.05) is 0 Å². The maximum absolute atomic E-state index is 10.5. The highest BCUT2D eigenvalue weighted by molar-refractivity contribution is 5.82. The lowest BCUT2D eigenvalue weighted by Crippen LogP contribution is -1.90. The van der Waals surface area contributed by atoms with Gasteiger partial charge in [-0.25, -0.2) is 0 Å². The van der Waals surface area contributed by atoms with Gasteiger partial charge in [0.1, 0.15) is 17.8 Å². The summed E-state index contributed by atoms with van der Waals surface area (Å²) >= 11 is 0. The Balaban J connectivity index is 3.17. The average molecular weight is 206 g/mol. The van der Waals surface area contributed by atoms with Crippen molar-refractivity contribution in [3.8, 4) is 11.5 Å². The molecule has 1 rings (SSSR count). The average Bonchev–Trinajstić information content (AvgIpc) is 2.28. The Labute approximate surface area is 89.3 Å². The summed E-state index contributed by atoms with van der Waals surface area (Å²) in [5.41, 5.74) is 1.48. The van der Waals surface area contributed by atoms with E-state index in [1.807, 2.05) is 18.2 Å². The number of aldehydes is 1. The summed E-state index contributed by atoms with van der Waals surface area (Å²) < 4.78 is 10.3. The van der Waals surface area contributed by atoms with Crippen LogP contribution in [-0.4, -0.2) is 20.5 Å². The molecule has 0 N–H and O–H groups in total. The summed E-state index contributed by atoms with van der Waals surface area (Å²) in [6.45, 7) is 1.74. The number of allylic oxidation sites excluding steroid dienone is 1. The van der Waals surface area contributed by atoms with Crippen LogP contribution in [-0.2, 0) is 4.79 Å². The Morgan fingerprint density at radius 1 is 1.27 bits per heavy atom. The van der Waals surface area contributed by atoms with Crippen molar-refractivity contribution in [2.24, 2.45) is 0 Å². The summed E-state index contributed by atoms with van der Waals surface area (Å²) in [5, 5.41) is 0. The third-order valence-electron chi connectivity index (χ3n) is 2.01. The highest BCUT2D eigenvalue weighted by atomic mass is 16.5. The first-order valence-corrected chi connectivity index (χ1v) is 4.56. The Kier molecular flexibility index (Phi) is 3.92. The Morgan fingerprint density at radius 2 is 2.00 bits per heavy atom. The standard InChI is InChI=1S/C12H14O3/c1-9(8-13)6-10-7-11(14-2)4-5-12(10)15-3/h4-8H,1-3H3/b9-6+. The molecule has 0 heterocycles. The van der Waals surface area contributed by atoms with Gasteiger partial charge in [0.15, 0.2) is 0 Å². The van der Waals surface area contributed by atoms with Gasteiger partial charge < -0.3 is 9.47 Å². The van der Waals surface area contributed by atoms with Crippen LogP contribution in [0.4, 0.5) is 0 Å². The van der Waals surface area contributed by atoms with Gasteiger partial charge >= 0.3 is 0 Å². The quantitative estimate of drug-likeness (QED) is 0.560. The summed E-state index contributed by atoms with van der Waals surface area (Å²) in [6, 6.07) is 5.45. The molecule has 0 bridgehead atoms. The molecule has 0 aliphatic rings. The molecular weight excluding hydrogens is 192 g/mol. The predicted molar refractivity (Wildman–Crippen MR) is 59.3 cm³/mol. The second-order valence-corrected chi connectivity index (χ2v) is 3.11. The van der Waals surface area contributed by atoms with E-state index in [-0.39, 0.29) is 0 Å². The zero-order valence-electron chi connectivity index (χ0n) is 9.11. The van der Waals surface area contributed by atoms with Crippen molar-refractivity contribution in [3.05, 3.63) is 29.3 Å². The number of ether oxygens (including phenoxy) is 2. The predicted octanol–water partition coefficient (Wildman–Crippen LogP) is 2.31. The maximum atomic E-state index is 10.5. The van der Waals surface area contributed by atoms with Gasteiger partial charge in [-0.05, 0) is 36.8 Å². The third-order valence-corrected chi connectivity index (χ3v) is 2.01. The van der Waals surface area contributed by atoms with Gasteiger partial charge in [0.05, 0.1) is 14.2 Å².